The fourth-order valence-electron chi connectivity index (χ4n) is 5.63. The SMILES string of the molecule is CC1(C)S[C@@H]2[C@H](N3C(=O)[C@@H](c4ccccc4)N(N=O)C3(C)C)C(=O)N2C1C(=O)OCc1ccc([N+](=O)[O-])cc1. The number of carbonyl (C=O) groups is 3. The lowest BCUT2D eigenvalue weighted by Crippen LogP contribution is -2.73. The van der Waals surface area contributed by atoms with E-state index in [9.17, 15) is 29.4 Å². The molecule has 3 aliphatic rings. The largest absolute Gasteiger partial charge is 0.459 e. The summed E-state index contributed by atoms with van der Waals surface area (Å²) in [7, 11) is 0. The first-order valence-corrected chi connectivity index (χ1v) is 13.2. The summed E-state index contributed by atoms with van der Waals surface area (Å²) in [5, 5.41) is 14.7. The number of nitrogens with zero attached hydrogens (tertiary/aromatic N) is 5. The first-order chi connectivity index (χ1) is 18.4. The van der Waals surface area contributed by atoms with E-state index in [4.69, 9.17) is 4.74 Å². The van der Waals surface area contributed by atoms with Gasteiger partial charge in [-0.25, -0.2) is 9.80 Å². The molecule has 12 nitrogen and oxygen atoms in total. The van der Waals surface area contributed by atoms with Crippen LogP contribution in [0.25, 0.3) is 0 Å². The Balaban J connectivity index is 1.36. The maximum Gasteiger partial charge on any atom is 0.330 e. The zero-order valence-corrected chi connectivity index (χ0v) is 22.5. The van der Waals surface area contributed by atoms with Gasteiger partial charge in [-0.1, -0.05) is 30.3 Å². The normalized spacial score (nSPS) is 26.7. The van der Waals surface area contributed by atoms with Gasteiger partial charge in [-0.05, 0) is 51.0 Å². The molecule has 2 aromatic carbocycles. The Morgan fingerprint density at radius 3 is 2.28 bits per heavy atom. The van der Waals surface area contributed by atoms with Crippen molar-refractivity contribution < 1.29 is 24.0 Å². The summed E-state index contributed by atoms with van der Waals surface area (Å²) < 4.78 is 4.79. The average molecular weight is 554 g/mol. The molecule has 3 fully saturated rings. The summed E-state index contributed by atoms with van der Waals surface area (Å²) in [5.41, 5.74) is -0.103. The summed E-state index contributed by atoms with van der Waals surface area (Å²) in [5.74, 6) is -1.42. The van der Waals surface area contributed by atoms with E-state index in [-0.39, 0.29) is 12.3 Å². The number of hydrogen-bond donors (Lipinski definition) is 0. The first kappa shape index (κ1) is 26.6. The van der Waals surface area contributed by atoms with Crippen molar-refractivity contribution >= 4 is 35.2 Å². The Kier molecular flexibility index (Phi) is 6.36. The van der Waals surface area contributed by atoms with Gasteiger partial charge in [0.2, 0.25) is 5.91 Å². The van der Waals surface area contributed by atoms with Crippen molar-refractivity contribution in [3.8, 4) is 0 Å². The Hall–Kier alpha value is -4.00. The topological polar surface area (TPSA) is 143 Å². The molecule has 0 bridgehead atoms. The smallest absolute Gasteiger partial charge is 0.330 e. The molecular formula is C26H27N5O7S. The Morgan fingerprint density at radius 2 is 1.69 bits per heavy atom. The molecule has 204 valence electrons. The molecular weight excluding hydrogens is 526 g/mol. The summed E-state index contributed by atoms with van der Waals surface area (Å²) >= 11 is 1.40. The van der Waals surface area contributed by atoms with Gasteiger partial charge >= 0.3 is 5.97 Å². The van der Waals surface area contributed by atoms with Gasteiger partial charge in [0.15, 0.2) is 6.04 Å². The van der Waals surface area contributed by atoms with Crippen LogP contribution in [0.3, 0.4) is 0 Å². The lowest BCUT2D eigenvalue weighted by molar-refractivity contribution is -0.384. The number of esters is 1. The van der Waals surface area contributed by atoms with Crippen LogP contribution in [0.2, 0.25) is 0 Å². The lowest BCUT2D eigenvalue weighted by atomic mass is 9.94. The molecule has 1 unspecified atom stereocenters. The van der Waals surface area contributed by atoms with Gasteiger partial charge in [-0.3, -0.25) is 19.7 Å². The summed E-state index contributed by atoms with van der Waals surface area (Å²) in [4.78, 5) is 65.7. The quantitative estimate of drug-likeness (QED) is 0.166. The standard InChI is InChI=1S/C26H27N5O7S/c1-25(2)20(24(34)38-14-15-10-12-17(13-11-15)31(36)37)28-21(32)19(23(28)39-25)29-22(33)18(16-8-6-5-7-9-16)30(27-35)26(29,3)4/h5-13,18-20,23H,14H2,1-4H3/t18-,19-,20?,23-/m1/s1. The minimum Gasteiger partial charge on any atom is -0.459 e. The van der Waals surface area contributed by atoms with Crippen molar-refractivity contribution in [3.05, 3.63) is 80.7 Å². The van der Waals surface area contributed by atoms with Crippen LogP contribution in [-0.4, -0.2) is 65.4 Å². The second-order valence-electron chi connectivity index (χ2n) is 10.7. The van der Waals surface area contributed by atoms with Gasteiger partial charge in [-0.2, -0.15) is 0 Å². The molecule has 3 saturated heterocycles. The van der Waals surface area contributed by atoms with Crippen molar-refractivity contribution in [1.82, 2.24) is 14.8 Å². The molecule has 0 saturated carbocycles. The number of nitro groups is 1. The molecule has 0 radical (unpaired) electrons. The van der Waals surface area contributed by atoms with E-state index in [0.717, 1.165) is 0 Å². The average Bonchev–Trinajstić information content (AvgIpc) is 3.27. The number of thioether (sulfide) groups is 1. The molecule has 0 aliphatic carbocycles. The first-order valence-electron chi connectivity index (χ1n) is 12.3. The molecule has 2 amide bonds. The van der Waals surface area contributed by atoms with Gasteiger partial charge in [0, 0.05) is 16.9 Å². The third kappa shape index (κ3) is 4.11. The molecule has 5 rings (SSSR count). The summed E-state index contributed by atoms with van der Waals surface area (Å²) in [6.07, 6.45) is 0. The highest BCUT2D eigenvalue weighted by molar-refractivity contribution is 8.01. The minimum absolute atomic E-state index is 0.0734. The van der Waals surface area contributed by atoms with Crippen LogP contribution >= 0.6 is 11.8 Å². The van der Waals surface area contributed by atoms with Gasteiger partial charge in [0.05, 0.1) is 10.2 Å². The highest BCUT2D eigenvalue weighted by Crippen LogP contribution is 2.55. The van der Waals surface area contributed by atoms with Crippen LogP contribution in [0.15, 0.2) is 59.9 Å². The highest BCUT2D eigenvalue weighted by Gasteiger charge is 2.70. The van der Waals surface area contributed by atoms with Crippen molar-refractivity contribution in [3.63, 3.8) is 0 Å². The lowest BCUT2D eigenvalue weighted by Gasteiger charge is -2.50. The summed E-state index contributed by atoms with van der Waals surface area (Å²) in [6, 6.07) is 11.7. The third-order valence-corrected chi connectivity index (χ3v) is 9.07. The van der Waals surface area contributed by atoms with Gasteiger partial charge in [0.25, 0.3) is 11.6 Å². The molecule has 13 heteroatoms. The molecule has 3 aliphatic heterocycles. The van der Waals surface area contributed by atoms with Crippen molar-refractivity contribution in [1.29, 1.82) is 0 Å². The zero-order chi connectivity index (χ0) is 28.3. The van der Waals surface area contributed by atoms with E-state index in [1.807, 2.05) is 13.8 Å². The van der Waals surface area contributed by atoms with Crippen LogP contribution < -0.4 is 0 Å². The van der Waals surface area contributed by atoms with E-state index in [1.54, 1.807) is 44.2 Å². The minimum atomic E-state index is -1.19. The van der Waals surface area contributed by atoms with Crippen LogP contribution in [-0.2, 0) is 25.7 Å². The number of amides is 2. The number of hydrogen-bond acceptors (Lipinski definition) is 9. The van der Waals surface area contributed by atoms with E-state index in [2.05, 4.69) is 5.29 Å². The number of non-ortho nitro benzene ring substituents is 1. The monoisotopic (exact) mass is 553 g/mol. The Labute approximate surface area is 228 Å². The van der Waals surface area contributed by atoms with Gasteiger partial charge in [0.1, 0.15) is 29.7 Å². The third-order valence-electron chi connectivity index (χ3n) is 7.51. The number of fused-ring (bicyclic) bond motifs is 1. The van der Waals surface area contributed by atoms with Gasteiger partial charge in [-0.15, -0.1) is 16.7 Å². The fourth-order valence-corrected chi connectivity index (χ4v) is 7.30. The van der Waals surface area contributed by atoms with Gasteiger partial charge < -0.3 is 14.5 Å². The number of nitro benzene ring substituents is 1. The second-order valence-corrected chi connectivity index (χ2v) is 12.4. The van der Waals surface area contributed by atoms with Crippen LogP contribution in [0, 0.1) is 15.0 Å². The maximum absolute atomic E-state index is 13.7. The number of ether oxygens (including phenoxy) is 1. The number of rotatable bonds is 7. The zero-order valence-electron chi connectivity index (χ0n) is 21.7. The molecule has 0 N–H and O–H groups in total. The Bertz CT molecular complexity index is 1350. The molecule has 0 spiro atoms. The number of nitroso groups, excluding NO2 is 1. The Morgan fingerprint density at radius 1 is 1.05 bits per heavy atom. The predicted octanol–water partition coefficient (Wildman–Crippen LogP) is 3.37. The predicted molar refractivity (Wildman–Crippen MR) is 141 cm³/mol. The molecule has 3 heterocycles. The second kappa shape index (κ2) is 9.33. The number of β-lactam (4-membered cyclic amide) rings is 1. The maximum atomic E-state index is 13.7. The van der Waals surface area contributed by atoms with Crippen molar-refractivity contribution in [2.75, 3.05) is 0 Å². The summed E-state index contributed by atoms with van der Waals surface area (Å²) in [6.45, 7) is 6.90. The number of benzene rings is 2. The van der Waals surface area contributed by atoms with E-state index >= 15 is 0 Å². The van der Waals surface area contributed by atoms with E-state index < -0.39 is 56.6 Å². The number of carbonyl (C=O) groups excluding carboxylic acids is 3. The van der Waals surface area contributed by atoms with E-state index in [1.165, 1.54) is 50.8 Å². The van der Waals surface area contributed by atoms with Crippen LogP contribution in [0.4, 0.5) is 5.69 Å². The van der Waals surface area contributed by atoms with Crippen LogP contribution in [0.1, 0.15) is 44.9 Å². The molecule has 2 aromatic rings. The molecule has 4 atom stereocenters. The van der Waals surface area contributed by atoms with Crippen molar-refractivity contribution in [2.24, 2.45) is 5.29 Å². The highest BCUT2D eigenvalue weighted by atomic mass is 32.2. The molecule has 0 aromatic heterocycles. The van der Waals surface area contributed by atoms with E-state index in [0.29, 0.717) is 11.1 Å². The fraction of sp³-hybridized carbons (Fsp3) is 0.423. The molecule has 39 heavy (non-hydrogen) atoms. The van der Waals surface area contributed by atoms with Crippen molar-refractivity contribution in [2.45, 2.75) is 68.2 Å². The van der Waals surface area contributed by atoms with Crippen LogP contribution in [0.5, 0.6) is 0 Å².